The second-order valence-corrected chi connectivity index (χ2v) is 11.8. The molecule has 32 heavy (non-hydrogen) atoms. The van der Waals surface area contributed by atoms with Crippen molar-refractivity contribution < 1.29 is 14.3 Å². The van der Waals surface area contributed by atoms with Crippen LogP contribution in [0.1, 0.15) is 13.8 Å². The molecule has 0 spiro atoms. The second-order valence-electron chi connectivity index (χ2n) is 7.94. The minimum absolute atomic E-state index is 0.0258. The highest BCUT2D eigenvalue weighted by molar-refractivity contribution is 7.97. The molecule has 0 amide bonds. The van der Waals surface area contributed by atoms with Crippen LogP contribution >= 0.6 is 18.5 Å². The maximum atomic E-state index is 14.0. The average molecular weight is 465 g/mol. The molecule has 0 aromatic heterocycles. The van der Waals surface area contributed by atoms with Crippen molar-refractivity contribution >= 4 is 51.4 Å². The highest BCUT2D eigenvalue weighted by Gasteiger charge is 2.54. The van der Waals surface area contributed by atoms with E-state index in [9.17, 15) is 9.59 Å². The average Bonchev–Trinajstić information content (AvgIpc) is 3.44. The van der Waals surface area contributed by atoms with E-state index in [2.05, 4.69) is 0 Å². The zero-order valence-electron chi connectivity index (χ0n) is 18.1. The summed E-state index contributed by atoms with van der Waals surface area (Å²) in [4.78, 5) is 27.6. The molecule has 0 heterocycles. The topological polar surface area (TPSA) is 43.4 Å². The Morgan fingerprint density at radius 2 is 1.19 bits per heavy atom. The van der Waals surface area contributed by atoms with Crippen LogP contribution in [0.3, 0.4) is 0 Å². The number of rotatable bonds is 7. The molecule has 1 unspecified atom stereocenters. The lowest BCUT2D eigenvalue weighted by atomic mass is 10.1. The van der Waals surface area contributed by atoms with Gasteiger partial charge < -0.3 is 4.74 Å². The number of hydrogen-bond donors (Lipinski definition) is 0. The Balaban J connectivity index is 2.21. The molecule has 1 fully saturated rings. The van der Waals surface area contributed by atoms with E-state index in [1.165, 1.54) is 0 Å². The first-order chi connectivity index (χ1) is 15.5. The Bertz CT molecular complexity index is 1050. The van der Waals surface area contributed by atoms with Crippen molar-refractivity contribution in [3.8, 4) is 0 Å². The van der Waals surface area contributed by atoms with Crippen molar-refractivity contribution in [2.75, 3.05) is 6.61 Å². The SMILES string of the molecule is CCOC(=O)C(C(=O)[C@@H]1C(Cl)[C@H]1C)=P(c1ccccc1)(c1ccccc1)c1ccccc1. The van der Waals surface area contributed by atoms with Crippen molar-refractivity contribution in [1.82, 2.24) is 0 Å². The van der Waals surface area contributed by atoms with Gasteiger partial charge in [0.1, 0.15) is 5.29 Å². The molecule has 0 saturated heterocycles. The number of esters is 1. The first-order valence-corrected chi connectivity index (χ1v) is 13.0. The fourth-order valence-electron chi connectivity index (χ4n) is 4.35. The van der Waals surface area contributed by atoms with E-state index in [-0.39, 0.29) is 34.9 Å². The number of carbonyl (C=O) groups is 2. The number of halogens is 1. The molecule has 1 aliphatic carbocycles. The Kier molecular flexibility index (Phi) is 6.69. The smallest absolute Gasteiger partial charge is 0.342 e. The summed E-state index contributed by atoms with van der Waals surface area (Å²) in [7, 11) is 0. The molecule has 3 aromatic carbocycles. The number of carbonyl (C=O) groups excluding carboxylic acids is 2. The van der Waals surface area contributed by atoms with E-state index < -0.39 is 12.9 Å². The molecule has 3 aromatic rings. The van der Waals surface area contributed by atoms with Gasteiger partial charge in [-0.1, -0.05) is 97.9 Å². The first-order valence-electron chi connectivity index (χ1n) is 10.8. The molecule has 3 atom stereocenters. The van der Waals surface area contributed by atoms with Gasteiger partial charge in [0.15, 0.2) is 5.78 Å². The van der Waals surface area contributed by atoms with E-state index in [1.807, 2.05) is 97.9 Å². The zero-order valence-corrected chi connectivity index (χ0v) is 19.8. The molecule has 0 aliphatic heterocycles. The number of alkyl halides is 1. The van der Waals surface area contributed by atoms with Gasteiger partial charge >= 0.3 is 5.97 Å². The van der Waals surface area contributed by atoms with Crippen LogP contribution in [0, 0.1) is 11.8 Å². The van der Waals surface area contributed by atoms with Crippen LogP contribution in [0.25, 0.3) is 0 Å². The van der Waals surface area contributed by atoms with Crippen molar-refractivity contribution in [2.45, 2.75) is 19.2 Å². The van der Waals surface area contributed by atoms with Crippen molar-refractivity contribution in [3.63, 3.8) is 0 Å². The van der Waals surface area contributed by atoms with Crippen LogP contribution in [0.4, 0.5) is 0 Å². The Morgan fingerprint density at radius 1 is 0.812 bits per heavy atom. The van der Waals surface area contributed by atoms with Crippen molar-refractivity contribution in [2.24, 2.45) is 11.8 Å². The summed E-state index contributed by atoms with van der Waals surface area (Å²) < 4.78 is 5.53. The van der Waals surface area contributed by atoms with Crippen LogP contribution in [0.15, 0.2) is 91.0 Å². The number of benzene rings is 3. The number of ketones is 1. The fourth-order valence-corrected chi connectivity index (χ4v) is 9.11. The van der Waals surface area contributed by atoms with Gasteiger partial charge in [-0.15, -0.1) is 11.6 Å². The number of ether oxygens (including phenoxy) is 1. The Morgan fingerprint density at radius 3 is 1.50 bits per heavy atom. The Labute approximate surface area is 194 Å². The predicted octanol–water partition coefficient (Wildman–Crippen LogP) is 4.16. The minimum Gasteiger partial charge on any atom is -0.462 e. The van der Waals surface area contributed by atoms with Crippen molar-refractivity contribution in [3.05, 3.63) is 91.0 Å². The van der Waals surface area contributed by atoms with Crippen LogP contribution in [-0.2, 0) is 14.3 Å². The molecule has 1 aliphatic rings. The second kappa shape index (κ2) is 9.48. The van der Waals surface area contributed by atoms with Crippen LogP contribution < -0.4 is 15.9 Å². The van der Waals surface area contributed by atoms with Gasteiger partial charge in [-0.05, 0) is 35.6 Å². The summed E-state index contributed by atoms with van der Waals surface area (Å²) in [6, 6.07) is 29.6. The lowest BCUT2D eigenvalue weighted by Gasteiger charge is -2.31. The summed E-state index contributed by atoms with van der Waals surface area (Å²) in [5, 5.41) is 2.77. The molecule has 0 radical (unpaired) electrons. The van der Waals surface area contributed by atoms with Crippen molar-refractivity contribution in [1.29, 1.82) is 0 Å². The standard InChI is InChI=1S/C27H26ClO3P/c1-3-31-27(30)26(25(29)23-19(2)24(23)28)32(20-13-7-4-8-14-20,21-15-9-5-10-16-21)22-17-11-6-12-18-22/h4-19,23-24H,3H2,1-2H3/t19-,23-,24?/m0/s1. The molecule has 1 saturated carbocycles. The lowest BCUT2D eigenvalue weighted by Crippen LogP contribution is -2.39. The summed E-state index contributed by atoms with van der Waals surface area (Å²) in [5.74, 6) is -1.10. The van der Waals surface area contributed by atoms with E-state index in [4.69, 9.17) is 16.3 Å². The van der Waals surface area contributed by atoms with Gasteiger partial charge in [-0.2, -0.15) is 0 Å². The lowest BCUT2D eigenvalue weighted by molar-refractivity contribution is -0.135. The molecule has 0 N–H and O–H groups in total. The third kappa shape index (κ3) is 3.85. The summed E-state index contributed by atoms with van der Waals surface area (Å²) in [6.45, 7) is 1.07. The van der Waals surface area contributed by atoms with E-state index in [0.717, 1.165) is 15.9 Å². The summed E-state index contributed by atoms with van der Waals surface area (Å²) in [6.07, 6.45) is 0. The van der Waals surface area contributed by atoms with Gasteiger partial charge in [-0.3, -0.25) is 4.79 Å². The van der Waals surface area contributed by atoms with Crippen LogP contribution in [-0.4, -0.2) is 29.0 Å². The molecule has 0 bridgehead atoms. The quantitative estimate of drug-likeness (QED) is 0.228. The molecule has 4 rings (SSSR count). The maximum Gasteiger partial charge on any atom is 0.342 e. The minimum atomic E-state index is -2.84. The van der Waals surface area contributed by atoms with Gasteiger partial charge in [0, 0.05) is 11.3 Å². The highest BCUT2D eigenvalue weighted by atomic mass is 35.5. The van der Waals surface area contributed by atoms with Gasteiger partial charge in [-0.25, -0.2) is 4.79 Å². The van der Waals surface area contributed by atoms with Crippen LogP contribution in [0.5, 0.6) is 0 Å². The summed E-state index contributed by atoms with van der Waals surface area (Å²) in [5.41, 5.74) is 0. The normalized spacial score (nSPS) is 19.8. The van der Waals surface area contributed by atoms with Gasteiger partial charge in [0.05, 0.1) is 6.61 Å². The van der Waals surface area contributed by atoms with E-state index >= 15 is 0 Å². The maximum absolute atomic E-state index is 14.0. The van der Waals surface area contributed by atoms with Crippen LogP contribution in [0.2, 0.25) is 0 Å². The molecular weight excluding hydrogens is 439 g/mol. The van der Waals surface area contributed by atoms with E-state index in [0.29, 0.717) is 0 Å². The van der Waals surface area contributed by atoms with E-state index in [1.54, 1.807) is 6.92 Å². The zero-order chi connectivity index (χ0) is 22.7. The third-order valence-corrected chi connectivity index (χ3v) is 11.0. The summed E-state index contributed by atoms with van der Waals surface area (Å²) >= 11 is 6.44. The number of Topliss-reactive ketones (excluding diaryl/α,β-unsaturated/α-hetero) is 1. The number of hydrogen-bond acceptors (Lipinski definition) is 3. The molecule has 5 heteroatoms. The highest BCUT2D eigenvalue weighted by Crippen LogP contribution is 2.51. The molecular formula is C27H26ClO3P. The first kappa shape index (κ1) is 22.6. The molecule has 3 nitrogen and oxygen atoms in total. The molecule has 164 valence electrons. The monoisotopic (exact) mass is 464 g/mol. The van der Waals surface area contributed by atoms with Gasteiger partial charge in [0.2, 0.25) is 0 Å². The fraction of sp³-hybridized carbons (Fsp3) is 0.222. The predicted molar refractivity (Wildman–Crippen MR) is 134 cm³/mol. The Hall–Kier alpha value is -2.61. The largest absolute Gasteiger partial charge is 0.462 e. The third-order valence-electron chi connectivity index (χ3n) is 6.04. The van der Waals surface area contributed by atoms with Gasteiger partial charge in [0.25, 0.3) is 0 Å².